The van der Waals surface area contributed by atoms with Gasteiger partial charge in [0.25, 0.3) is 0 Å². The molecule has 0 spiro atoms. The largest absolute Gasteiger partial charge is 0.456 e. The number of furan rings is 1. The number of nitrogens with zero attached hydrogens (tertiary/aromatic N) is 2. The first-order chi connectivity index (χ1) is 26.5. The molecule has 0 saturated heterocycles. The first-order valence-electron chi connectivity index (χ1n) is 19.5. The van der Waals surface area contributed by atoms with Gasteiger partial charge in [-0.3, -0.25) is 0 Å². The van der Waals surface area contributed by atoms with E-state index in [9.17, 15) is 0 Å². The van der Waals surface area contributed by atoms with Crippen molar-refractivity contribution in [3.05, 3.63) is 139 Å². The molecule has 0 bridgehead atoms. The number of para-hydroxylation sites is 1. The Labute approximate surface area is 324 Å². The zero-order valence-electron chi connectivity index (χ0n) is 31.9. The molecule has 3 aromatic heterocycles. The molecule has 0 N–H and O–H groups in total. The average Bonchev–Trinajstić information content (AvgIpc) is 3.83. The van der Waals surface area contributed by atoms with E-state index >= 15 is 0 Å². The zero-order chi connectivity index (χ0) is 37.1. The van der Waals surface area contributed by atoms with Crippen LogP contribution < -0.4 is 15.7 Å². The van der Waals surface area contributed by atoms with E-state index < -0.39 is 0 Å². The topological polar surface area (TPSA) is 21.3 Å². The van der Waals surface area contributed by atoms with Gasteiger partial charge in [0, 0.05) is 70.4 Å². The lowest BCUT2D eigenvalue weighted by molar-refractivity contribution is 0.590. The summed E-state index contributed by atoms with van der Waals surface area (Å²) in [6, 6.07) is 48.4. The van der Waals surface area contributed by atoms with Gasteiger partial charge in [0.1, 0.15) is 11.2 Å². The number of benzene rings is 7. The van der Waals surface area contributed by atoms with Crippen molar-refractivity contribution in [2.45, 2.75) is 52.4 Å². The number of fused-ring (bicyclic) bond motifs is 14. The summed E-state index contributed by atoms with van der Waals surface area (Å²) in [5.74, 6) is 0. The zero-order valence-corrected chi connectivity index (χ0v) is 32.7. The highest BCUT2D eigenvalue weighted by molar-refractivity contribution is 7.25. The minimum atomic E-state index is -0.0513. The van der Waals surface area contributed by atoms with Crippen molar-refractivity contribution in [2.75, 3.05) is 4.81 Å². The smallest absolute Gasteiger partial charge is 0.333 e. The number of anilines is 2. The van der Waals surface area contributed by atoms with Gasteiger partial charge in [0.05, 0.1) is 11.0 Å². The third-order valence-corrected chi connectivity index (χ3v) is 13.6. The van der Waals surface area contributed by atoms with Gasteiger partial charge >= 0.3 is 6.85 Å². The predicted octanol–water partition coefficient (Wildman–Crippen LogP) is 12.9. The SMILES string of the molecule is CC(C)(C)c1ccc(N2B3c4cc(C(C)(C)C)ccc4-n4c5cc6c(cc5c5ccc(c3c54)-c3cc4c(cc32)oc2ccccc24)sc2ccccc26)cc1. The summed E-state index contributed by atoms with van der Waals surface area (Å²) in [6.45, 7) is 13.8. The third-order valence-electron chi connectivity index (χ3n) is 12.5. The second-order valence-corrected chi connectivity index (χ2v) is 18.9. The highest BCUT2D eigenvalue weighted by Crippen LogP contribution is 2.49. The van der Waals surface area contributed by atoms with Crippen molar-refractivity contribution < 1.29 is 4.42 Å². The Kier molecular flexibility index (Phi) is 6.02. The van der Waals surface area contributed by atoms with Crippen LogP contribution in [0.15, 0.2) is 132 Å². The van der Waals surface area contributed by atoms with Crippen LogP contribution in [0.2, 0.25) is 0 Å². The van der Waals surface area contributed by atoms with E-state index in [-0.39, 0.29) is 17.7 Å². The molecule has 7 aromatic carbocycles. The number of hydrogen-bond acceptors (Lipinski definition) is 3. The molecule has 0 fully saturated rings. The van der Waals surface area contributed by atoms with Crippen molar-refractivity contribution in [2.24, 2.45) is 0 Å². The molecule has 264 valence electrons. The summed E-state index contributed by atoms with van der Waals surface area (Å²) in [6.07, 6.45) is 0. The molecule has 2 aliphatic rings. The van der Waals surface area contributed by atoms with E-state index in [2.05, 4.69) is 178 Å². The molecule has 5 heteroatoms. The molecule has 2 aliphatic heterocycles. The van der Waals surface area contributed by atoms with E-state index in [0.29, 0.717) is 0 Å². The molecule has 5 heterocycles. The monoisotopic (exact) mass is 726 g/mol. The van der Waals surface area contributed by atoms with Gasteiger partial charge in [0.15, 0.2) is 0 Å². The Morgan fingerprint density at radius 2 is 1.27 bits per heavy atom. The van der Waals surface area contributed by atoms with Crippen LogP contribution in [0.25, 0.3) is 80.7 Å². The molecule has 0 atom stereocenters. The highest BCUT2D eigenvalue weighted by atomic mass is 32.1. The van der Waals surface area contributed by atoms with E-state index in [4.69, 9.17) is 4.42 Å². The van der Waals surface area contributed by atoms with Crippen molar-refractivity contribution in [3.8, 4) is 16.8 Å². The normalized spacial score (nSPS) is 13.9. The van der Waals surface area contributed by atoms with Gasteiger partial charge in [-0.25, -0.2) is 0 Å². The summed E-state index contributed by atoms with van der Waals surface area (Å²) in [7, 11) is 0. The fraction of sp³-hybridized carbons (Fsp3) is 0.160. The molecule has 3 nitrogen and oxygen atoms in total. The van der Waals surface area contributed by atoms with Crippen LogP contribution >= 0.6 is 11.3 Å². The maximum absolute atomic E-state index is 6.61. The lowest BCUT2D eigenvalue weighted by Crippen LogP contribution is -2.60. The lowest BCUT2D eigenvalue weighted by atomic mass is 9.43. The van der Waals surface area contributed by atoms with Crippen LogP contribution in [0.4, 0.5) is 11.4 Å². The molecule has 0 aliphatic carbocycles. The summed E-state index contributed by atoms with van der Waals surface area (Å²) >= 11 is 1.90. The molecule has 0 amide bonds. The molecule has 0 unspecified atom stereocenters. The van der Waals surface area contributed by atoms with Crippen LogP contribution in [0.3, 0.4) is 0 Å². The summed E-state index contributed by atoms with van der Waals surface area (Å²) in [5.41, 5.74) is 16.0. The van der Waals surface area contributed by atoms with Gasteiger partial charge in [0.2, 0.25) is 0 Å². The van der Waals surface area contributed by atoms with E-state index in [1.54, 1.807) is 0 Å². The van der Waals surface area contributed by atoms with Crippen molar-refractivity contribution >= 4 is 104 Å². The Morgan fingerprint density at radius 1 is 0.527 bits per heavy atom. The van der Waals surface area contributed by atoms with Crippen LogP contribution in [0.1, 0.15) is 52.7 Å². The van der Waals surface area contributed by atoms with Crippen molar-refractivity contribution in [3.63, 3.8) is 0 Å². The second-order valence-electron chi connectivity index (χ2n) is 17.8. The van der Waals surface area contributed by atoms with Gasteiger partial charge < -0.3 is 13.8 Å². The maximum Gasteiger partial charge on any atom is 0.333 e. The van der Waals surface area contributed by atoms with E-state index in [0.717, 1.165) is 21.9 Å². The van der Waals surface area contributed by atoms with Crippen molar-refractivity contribution in [1.29, 1.82) is 0 Å². The number of hydrogen-bond donors (Lipinski definition) is 0. The fourth-order valence-electron chi connectivity index (χ4n) is 9.70. The molecule has 55 heavy (non-hydrogen) atoms. The minimum Gasteiger partial charge on any atom is -0.456 e. The molecule has 0 radical (unpaired) electrons. The fourth-order valence-corrected chi connectivity index (χ4v) is 10.8. The molecular weight excluding hydrogens is 687 g/mol. The highest BCUT2D eigenvalue weighted by Gasteiger charge is 2.44. The number of rotatable bonds is 1. The van der Waals surface area contributed by atoms with Gasteiger partial charge in [-0.1, -0.05) is 114 Å². The number of thiophene rings is 1. The van der Waals surface area contributed by atoms with E-state index in [1.807, 2.05) is 11.3 Å². The van der Waals surface area contributed by atoms with Crippen LogP contribution in [0.5, 0.6) is 0 Å². The third kappa shape index (κ3) is 4.22. The summed E-state index contributed by atoms with van der Waals surface area (Å²) in [4.78, 5) is 2.62. The van der Waals surface area contributed by atoms with Crippen molar-refractivity contribution in [1.82, 2.24) is 4.57 Å². The Bertz CT molecular complexity index is 3290. The Hall–Kier alpha value is -5.78. The molecule has 12 rings (SSSR count). The Morgan fingerprint density at radius 3 is 2.07 bits per heavy atom. The van der Waals surface area contributed by atoms with E-state index in [1.165, 1.54) is 92.2 Å². The number of aromatic nitrogens is 1. The first kappa shape index (κ1) is 31.6. The maximum atomic E-state index is 6.61. The standard InChI is InChI=1S/C50H39BN2OS/c1-49(2,3)28-15-18-30(19-16-28)53-42-27-44-37(31-11-7-9-13-43(31)54-44)24-35(42)33-20-21-34-36-26-46-38(32-12-8-10-14-45(32)55-46)25-41(36)52-40-22-17-29(50(4,5)6)23-39(40)51(53)47(33)48(34)52/h7-27H,1-6H3. The molecule has 0 saturated carbocycles. The quantitative estimate of drug-likeness (QED) is 0.157. The average molecular weight is 727 g/mol. The Balaban J connectivity index is 1.25. The van der Waals surface area contributed by atoms with Crippen LogP contribution in [-0.4, -0.2) is 11.4 Å². The summed E-state index contributed by atoms with van der Waals surface area (Å²) in [5, 5.41) is 7.59. The molecule has 10 aromatic rings. The van der Waals surface area contributed by atoms with Gasteiger partial charge in [-0.05, 0) is 87.0 Å². The lowest BCUT2D eigenvalue weighted by Gasteiger charge is -2.42. The first-order valence-corrected chi connectivity index (χ1v) is 20.3. The predicted molar refractivity (Wildman–Crippen MR) is 237 cm³/mol. The minimum absolute atomic E-state index is 0.0170. The molecular formula is C50H39BN2OS. The van der Waals surface area contributed by atoms with Crippen LogP contribution in [-0.2, 0) is 10.8 Å². The second kappa shape index (κ2) is 10.5. The van der Waals surface area contributed by atoms with Gasteiger partial charge in [-0.15, -0.1) is 11.3 Å². The summed E-state index contributed by atoms with van der Waals surface area (Å²) < 4.78 is 11.9. The van der Waals surface area contributed by atoms with Gasteiger partial charge in [-0.2, -0.15) is 0 Å². The van der Waals surface area contributed by atoms with Crippen LogP contribution in [0, 0.1) is 0 Å².